The zero-order valence-electron chi connectivity index (χ0n) is 26.2. The molecule has 1 aromatic carbocycles. The number of benzene rings is 1. The number of halogens is 4. The molecule has 3 N–H and O–H groups in total. The van der Waals surface area contributed by atoms with Crippen LogP contribution in [0.5, 0.6) is 0 Å². The van der Waals surface area contributed by atoms with E-state index in [2.05, 4.69) is 25.8 Å². The first-order chi connectivity index (χ1) is 23.0. The number of carbonyl (C=O) groups excluding carboxylic acids is 3. The Labute approximate surface area is 285 Å². The largest absolute Gasteiger partial charge is 0.418 e. The van der Waals surface area contributed by atoms with Gasteiger partial charge < -0.3 is 35.6 Å². The van der Waals surface area contributed by atoms with Gasteiger partial charge in [-0.2, -0.15) is 13.2 Å². The molecule has 5 amide bonds. The lowest BCUT2D eigenvalue weighted by Crippen LogP contribution is -2.58. The number of pyridine rings is 1. The van der Waals surface area contributed by atoms with Gasteiger partial charge in [0.2, 0.25) is 5.91 Å². The normalized spacial score (nSPS) is 17.9. The van der Waals surface area contributed by atoms with Crippen LogP contribution in [-0.2, 0) is 23.9 Å². The number of alkyl halides is 3. The van der Waals surface area contributed by atoms with Crippen LogP contribution in [0, 0.1) is 0 Å². The average molecular weight is 705 g/mol. The fourth-order valence-electron chi connectivity index (χ4n) is 6.57. The molecule has 6 rings (SSSR count). The minimum Gasteiger partial charge on any atom is -0.386 e. The molecule has 256 valence electrons. The van der Waals surface area contributed by atoms with Crippen LogP contribution >= 0.6 is 22.9 Å². The average Bonchev–Trinajstić information content (AvgIpc) is 3.54. The number of piperazine rings is 1. The summed E-state index contributed by atoms with van der Waals surface area (Å²) in [4.78, 5) is 51.5. The first kappa shape index (κ1) is 33.7. The third-order valence-corrected chi connectivity index (χ3v) is 10.2. The zero-order valence-corrected chi connectivity index (χ0v) is 27.8. The van der Waals surface area contributed by atoms with Crippen molar-refractivity contribution in [2.75, 3.05) is 61.8 Å². The van der Waals surface area contributed by atoms with E-state index < -0.39 is 23.8 Å². The highest BCUT2D eigenvalue weighted by molar-refractivity contribution is 7.08. The van der Waals surface area contributed by atoms with E-state index in [9.17, 15) is 27.6 Å². The zero-order chi connectivity index (χ0) is 34.0. The number of piperidine rings is 1. The van der Waals surface area contributed by atoms with E-state index >= 15 is 0 Å². The smallest absolute Gasteiger partial charge is 0.386 e. The fourth-order valence-corrected chi connectivity index (χ4v) is 7.68. The van der Waals surface area contributed by atoms with Crippen LogP contribution in [0.1, 0.15) is 29.5 Å². The minimum atomic E-state index is -4.69. The van der Waals surface area contributed by atoms with Crippen molar-refractivity contribution in [2.24, 2.45) is 0 Å². The van der Waals surface area contributed by atoms with E-state index in [1.54, 1.807) is 27.1 Å². The Bertz CT molecular complexity index is 1640. The number of hydrogen-bond donors (Lipinski definition) is 3. The molecule has 0 radical (unpaired) electrons. The monoisotopic (exact) mass is 704 g/mol. The molecule has 16 heteroatoms. The second kappa shape index (κ2) is 14.1. The Balaban J connectivity index is 1.16. The summed E-state index contributed by atoms with van der Waals surface area (Å²) >= 11 is 7.80. The SMILES string of the molecule is CNc1c(Cl)cc(C[C@@H](NC(=O)N2CCC(N3Cc4cscc4NC3=O)CC2)C(=O)N2CCN(c3ccncc3)CC2)cc1C(F)(F)F. The number of fused-ring (bicyclic) bond motifs is 1. The fraction of sp³-hybridized carbons (Fsp3) is 0.438. The molecule has 1 atom stereocenters. The summed E-state index contributed by atoms with van der Waals surface area (Å²) in [5.41, 5.74) is 1.82. The van der Waals surface area contributed by atoms with Crippen LogP contribution in [0.15, 0.2) is 47.4 Å². The highest BCUT2D eigenvalue weighted by atomic mass is 35.5. The number of carbonyl (C=O) groups is 3. The van der Waals surface area contributed by atoms with Crippen molar-refractivity contribution in [3.63, 3.8) is 0 Å². The van der Waals surface area contributed by atoms with Gasteiger partial charge in [0.25, 0.3) is 0 Å². The highest BCUT2D eigenvalue weighted by Crippen LogP contribution is 2.39. The molecule has 0 bridgehead atoms. The Morgan fingerprint density at radius 3 is 2.44 bits per heavy atom. The van der Waals surface area contributed by atoms with Crippen molar-refractivity contribution in [1.29, 1.82) is 0 Å². The second-order valence-electron chi connectivity index (χ2n) is 12.1. The Hall–Kier alpha value is -4.24. The van der Waals surface area contributed by atoms with E-state index in [4.69, 9.17) is 11.6 Å². The molecule has 3 aromatic rings. The molecular formula is C32H36ClF3N8O3S. The summed E-state index contributed by atoms with van der Waals surface area (Å²) in [5.74, 6) is -0.383. The van der Waals surface area contributed by atoms with Crippen molar-refractivity contribution in [3.8, 4) is 0 Å². The molecule has 5 heterocycles. The predicted octanol–water partition coefficient (Wildman–Crippen LogP) is 5.34. The van der Waals surface area contributed by atoms with Gasteiger partial charge in [-0.1, -0.05) is 11.6 Å². The van der Waals surface area contributed by atoms with Gasteiger partial charge in [-0.15, -0.1) is 11.3 Å². The number of amides is 5. The molecule has 0 unspecified atom stereocenters. The van der Waals surface area contributed by atoms with Gasteiger partial charge in [0, 0.05) is 87.8 Å². The molecule has 3 aliphatic heterocycles. The number of rotatable bonds is 7. The van der Waals surface area contributed by atoms with E-state index in [1.807, 2.05) is 22.9 Å². The number of thiophene rings is 1. The van der Waals surface area contributed by atoms with Gasteiger partial charge in [0.1, 0.15) is 6.04 Å². The highest BCUT2D eigenvalue weighted by Gasteiger charge is 2.37. The maximum absolute atomic E-state index is 14.0. The van der Waals surface area contributed by atoms with Crippen LogP contribution in [0.2, 0.25) is 5.02 Å². The lowest BCUT2D eigenvalue weighted by molar-refractivity contribution is -0.137. The first-order valence-electron chi connectivity index (χ1n) is 15.7. The Kier molecular flexibility index (Phi) is 9.88. The molecule has 0 spiro atoms. The number of anilines is 3. The van der Waals surface area contributed by atoms with Gasteiger partial charge in [-0.05, 0) is 48.1 Å². The van der Waals surface area contributed by atoms with Crippen LogP contribution < -0.4 is 20.9 Å². The maximum atomic E-state index is 14.0. The number of urea groups is 2. The van der Waals surface area contributed by atoms with E-state index in [1.165, 1.54) is 24.5 Å². The summed E-state index contributed by atoms with van der Waals surface area (Å²) in [6, 6.07) is 4.29. The lowest BCUT2D eigenvalue weighted by Gasteiger charge is -2.40. The predicted molar refractivity (Wildman–Crippen MR) is 179 cm³/mol. The van der Waals surface area contributed by atoms with Gasteiger partial charge >= 0.3 is 18.2 Å². The van der Waals surface area contributed by atoms with Gasteiger partial charge in [0.05, 0.1) is 28.5 Å². The van der Waals surface area contributed by atoms with Crippen LogP contribution in [-0.4, -0.2) is 96.1 Å². The van der Waals surface area contributed by atoms with E-state index in [-0.39, 0.29) is 40.7 Å². The van der Waals surface area contributed by atoms with Crippen molar-refractivity contribution in [2.45, 2.75) is 44.1 Å². The lowest BCUT2D eigenvalue weighted by atomic mass is 10.00. The Morgan fingerprint density at radius 2 is 1.77 bits per heavy atom. The molecule has 2 fully saturated rings. The third kappa shape index (κ3) is 7.26. The number of nitrogens with zero attached hydrogens (tertiary/aromatic N) is 5. The summed E-state index contributed by atoms with van der Waals surface area (Å²) in [6.07, 6.45) is -0.388. The number of aromatic nitrogens is 1. The third-order valence-electron chi connectivity index (χ3n) is 9.14. The van der Waals surface area contributed by atoms with Crippen molar-refractivity contribution in [1.82, 2.24) is 25.0 Å². The minimum absolute atomic E-state index is 0.0650. The van der Waals surface area contributed by atoms with Gasteiger partial charge in [0.15, 0.2) is 0 Å². The topological polar surface area (TPSA) is 113 Å². The van der Waals surface area contributed by atoms with Crippen LogP contribution in [0.4, 0.5) is 39.8 Å². The molecule has 3 aliphatic rings. The molecule has 2 saturated heterocycles. The van der Waals surface area contributed by atoms with Crippen LogP contribution in [0.25, 0.3) is 0 Å². The summed E-state index contributed by atoms with van der Waals surface area (Å²) in [6.45, 7) is 3.03. The molecule has 0 aliphatic carbocycles. The standard InChI is InChI=1S/C32H36ClF3N8O3S/c1-37-28-24(32(34,35)36)14-20(15-25(28)33)16-26(29(45)42-12-10-41(11-13-42)22-2-6-38-7-3-22)39-30(46)43-8-4-23(5-9-43)44-17-21-18-48-19-27(21)40-31(44)47/h2-3,6-7,14-15,18-19,23,26,37H,4-5,8-13,16-17H2,1H3,(H,39,46)(H,40,47)/t26-/m1/s1. The maximum Gasteiger partial charge on any atom is 0.418 e. The van der Waals surface area contributed by atoms with E-state index in [0.717, 1.165) is 23.0 Å². The molecule has 2 aromatic heterocycles. The van der Waals surface area contributed by atoms with E-state index in [0.29, 0.717) is 58.7 Å². The number of nitrogens with one attached hydrogen (secondary N) is 3. The first-order valence-corrected chi connectivity index (χ1v) is 17.0. The number of hydrogen-bond acceptors (Lipinski definition) is 7. The number of likely N-dealkylation sites (tertiary alicyclic amines) is 1. The van der Waals surface area contributed by atoms with Gasteiger partial charge in [-0.25, -0.2) is 9.59 Å². The van der Waals surface area contributed by atoms with Gasteiger partial charge in [-0.3, -0.25) is 9.78 Å². The van der Waals surface area contributed by atoms with Crippen LogP contribution in [0.3, 0.4) is 0 Å². The molecule has 11 nitrogen and oxygen atoms in total. The molecule has 0 saturated carbocycles. The Morgan fingerprint density at radius 1 is 1.06 bits per heavy atom. The summed E-state index contributed by atoms with van der Waals surface area (Å²) in [7, 11) is 1.36. The quantitative estimate of drug-likeness (QED) is 0.306. The second-order valence-corrected chi connectivity index (χ2v) is 13.2. The summed E-state index contributed by atoms with van der Waals surface area (Å²) in [5, 5.41) is 12.1. The summed E-state index contributed by atoms with van der Waals surface area (Å²) < 4.78 is 41.9. The molecule has 48 heavy (non-hydrogen) atoms. The van der Waals surface area contributed by atoms with Crippen molar-refractivity contribution in [3.05, 3.63) is 69.1 Å². The van der Waals surface area contributed by atoms with Crippen molar-refractivity contribution < 1.29 is 27.6 Å². The van der Waals surface area contributed by atoms with Crippen molar-refractivity contribution >= 4 is 58.0 Å². The molecular weight excluding hydrogens is 669 g/mol.